The number of nitrogens with one attached hydrogen (secondary N) is 2. The number of anilines is 1. The first-order chi connectivity index (χ1) is 12.7. The van der Waals surface area contributed by atoms with Crippen LogP contribution in [-0.4, -0.2) is 36.3 Å². The maximum absolute atomic E-state index is 12.3. The van der Waals surface area contributed by atoms with Gasteiger partial charge in [-0.05, 0) is 49.7 Å². The van der Waals surface area contributed by atoms with Crippen LogP contribution in [0.15, 0.2) is 54.6 Å². The third kappa shape index (κ3) is 5.43. The molecule has 0 saturated carbocycles. The first-order valence-corrected chi connectivity index (χ1v) is 9.15. The van der Waals surface area contributed by atoms with Gasteiger partial charge >= 0.3 is 0 Å². The molecule has 0 aromatic heterocycles. The van der Waals surface area contributed by atoms with E-state index in [0.29, 0.717) is 24.3 Å². The molecule has 3 rings (SSSR count). The lowest BCUT2D eigenvalue weighted by Crippen LogP contribution is -2.36. The van der Waals surface area contributed by atoms with Crippen molar-refractivity contribution in [2.24, 2.45) is 0 Å². The zero-order chi connectivity index (χ0) is 18.2. The molecule has 2 aromatic carbocycles. The quantitative estimate of drug-likeness (QED) is 0.841. The molecule has 0 spiro atoms. The van der Waals surface area contributed by atoms with E-state index in [-0.39, 0.29) is 11.8 Å². The number of hydrogen-bond donors (Lipinski definition) is 2. The molecular weight excluding hydrogens is 326 g/mol. The minimum absolute atomic E-state index is 0.0336. The Labute approximate surface area is 154 Å². The van der Waals surface area contributed by atoms with E-state index in [1.165, 1.54) is 6.42 Å². The fourth-order valence-electron chi connectivity index (χ4n) is 3.14. The van der Waals surface area contributed by atoms with Crippen LogP contribution in [0.4, 0.5) is 5.69 Å². The Balaban J connectivity index is 1.53. The van der Waals surface area contributed by atoms with Gasteiger partial charge in [0.25, 0.3) is 5.91 Å². The SMILES string of the molecule is O=C(CN1CCCCC1)Nc1cccc(C(=O)NCc2ccccc2)c1. The van der Waals surface area contributed by atoms with Gasteiger partial charge in [-0.3, -0.25) is 14.5 Å². The summed E-state index contributed by atoms with van der Waals surface area (Å²) >= 11 is 0. The van der Waals surface area contributed by atoms with E-state index in [0.717, 1.165) is 31.5 Å². The minimum atomic E-state index is -0.152. The topological polar surface area (TPSA) is 61.4 Å². The van der Waals surface area contributed by atoms with Crippen LogP contribution in [0.1, 0.15) is 35.2 Å². The molecule has 1 aliphatic heterocycles. The number of carbonyl (C=O) groups excluding carboxylic acids is 2. The second-order valence-electron chi connectivity index (χ2n) is 6.63. The summed E-state index contributed by atoms with van der Waals surface area (Å²) in [6, 6.07) is 16.8. The first-order valence-electron chi connectivity index (χ1n) is 9.15. The van der Waals surface area contributed by atoms with Crippen LogP contribution in [0, 0.1) is 0 Å². The molecule has 2 aromatic rings. The lowest BCUT2D eigenvalue weighted by molar-refractivity contribution is -0.117. The summed E-state index contributed by atoms with van der Waals surface area (Å²) in [5.74, 6) is -0.185. The largest absolute Gasteiger partial charge is 0.348 e. The van der Waals surface area contributed by atoms with Crippen molar-refractivity contribution in [2.45, 2.75) is 25.8 Å². The lowest BCUT2D eigenvalue weighted by Gasteiger charge is -2.25. The number of likely N-dealkylation sites (tertiary alicyclic amines) is 1. The fraction of sp³-hybridized carbons (Fsp3) is 0.333. The van der Waals surface area contributed by atoms with Crippen molar-refractivity contribution in [1.29, 1.82) is 0 Å². The number of rotatable bonds is 6. The van der Waals surface area contributed by atoms with Crippen LogP contribution in [0.3, 0.4) is 0 Å². The van der Waals surface area contributed by atoms with E-state index in [9.17, 15) is 9.59 Å². The molecule has 0 unspecified atom stereocenters. The molecule has 1 saturated heterocycles. The van der Waals surface area contributed by atoms with Crippen LogP contribution >= 0.6 is 0 Å². The predicted octanol–water partition coefficient (Wildman–Crippen LogP) is 3.04. The van der Waals surface area contributed by atoms with Gasteiger partial charge in [0.05, 0.1) is 6.54 Å². The van der Waals surface area contributed by atoms with Crippen molar-refractivity contribution in [2.75, 3.05) is 25.0 Å². The third-order valence-corrected chi connectivity index (χ3v) is 4.52. The molecule has 1 heterocycles. The summed E-state index contributed by atoms with van der Waals surface area (Å²) in [5.41, 5.74) is 2.24. The molecule has 5 heteroatoms. The number of carbonyl (C=O) groups is 2. The summed E-state index contributed by atoms with van der Waals surface area (Å²) in [6.07, 6.45) is 3.56. The van der Waals surface area contributed by atoms with Crippen molar-refractivity contribution < 1.29 is 9.59 Å². The normalized spacial score (nSPS) is 14.6. The summed E-state index contributed by atoms with van der Waals surface area (Å²) in [5, 5.41) is 5.80. The molecule has 2 N–H and O–H groups in total. The van der Waals surface area contributed by atoms with Gasteiger partial charge in [-0.25, -0.2) is 0 Å². The standard InChI is InChI=1S/C21H25N3O2/c25-20(16-24-12-5-2-6-13-24)23-19-11-7-10-18(14-19)21(26)22-15-17-8-3-1-4-9-17/h1,3-4,7-11,14H,2,5-6,12-13,15-16H2,(H,22,26)(H,23,25). The summed E-state index contributed by atoms with van der Waals surface area (Å²) < 4.78 is 0. The monoisotopic (exact) mass is 351 g/mol. The zero-order valence-electron chi connectivity index (χ0n) is 14.9. The first kappa shape index (κ1) is 18.1. The van der Waals surface area contributed by atoms with Crippen molar-refractivity contribution in [3.05, 3.63) is 65.7 Å². The molecule has 0 bridgehead atoms. The summed E-state index contributed by atoms with van der Waals surface area (Å²) in [6.45, 7) is 2.85. The highest BCUT2D eigenvalue weighted by Crippen LogP contribution is 2.12. The average Bonchev–Trinajstić information content (AvgIpc) is 2.68. The van der Waals surface area contributed by atoms with Gasteiger partial charge in [0, 0.05) is 17.8 Å². The molecule has 5 nitrogen and oxygen atoms in total. The zero-order valence-corrected chi connectivity index (χ0v) is 14.9. The molecule has 26 heavy (non-hydrogen) atoms. The number of benzene rings is 2. The minimum Gasteiger partial charge on any atom is -0.348 e. The molecular formula is C21H25N3O2. The fourth-order valence-corrected chi connectivity index (χ4v) is 3.14. The molecule has 2 amide bonds. The molecule has 1 fully saturated rings. The van der Waals surface area contributed by atoms with Gasteiger partial charge in [0.2, 0.25) is 5.91 Å². The number of nitrogens with zero attached hydrogens (tertiary/aromatic N) is 1. The van der Waals surface area contributed by atoms with Gasteiger partial charge in [-0.2, -0.15) is 0 Å². The van der Waals surface area contributed by atoms with Crippen molar-refractivity contribution in [1.82, 2.24) is 10.2 Å². The molecule has 0 aliphatic carbocycles. The lowest BCUT2D eigenvalue weighted by atomic mass is 10.1. The highest BCUT2D eigenvalue weighted by Gasteiger charge is 2.14. The molecule has 0 radical (unpaired) electrons. The van der Waals surface area contributed by atoms with E-state index in [4.69, 9.17) is 0 Å². The van der Waals surface area contributed by atoms with Gasteiger partial charge in [0.15, 0.2) is 0 Å². The van der Waals surface area contributed by atoms with Crippen LogP contribution in [-0.2, 0) is 11.3 Å². The Morgan fingerprint density at radius 2 is 1.69 bits per heavy atom. The van der Waals surface area contributed by atoms with Gasteiger partial charge in [-0.15, -0.1) is 0 Å². The number of hydrogen-bond acceptors (Lipinski definition) is 3. The van der Waals surface area contributed by atoms with Crippen LogP contribution in [0.25, 0.3) is 0 Å². The van der Waals surface area contributed by atoms with Gasteiger partial charge in [0.1, 0.15) is 0 Å². The molecule has 1 aliphatic rings. The van der Waals surface area contributed by atoms with Crippen LogP contribution < -0.4 is 10.6 Å². The number of amides is 2. The van der Waals surface area contributed by atoms with Crippen molar-refractivity contribution in [3.8, 4) is 0 Å². The molecule has 136 valence electrons. The Hall–Kier alpha value is -2.66. The Kier molecular flexibility index (Phi) is 6.39. The van der Waals surface area contributed by atoms with Crippen LogP contribution in [0.5, 0.6) is 0 Å². The van der Waals surface area contributed by atoms with Crippen molar-refractivity contribution >= 4 is 17.5 Å². The second-order valence-corrected chi connectivity index (χ2v) is 6.63. The van der Waals surface area contributed by atoms with E-state index < -0.39 is 0 Å². The highest BCUT2D eigenvalue weighted by atomic mass is 16.2. The predicted molar refractivity (Wildman–Crippen MR) is 103 cm³/mol. The summed E-state index contributed by atoms with van der Waals surface area (Å²) in [7, 11) is 0. The highest BCUT2D eigenvalue weighted by molar-refractivity contribution is 5.97. The molecule has 0 atom stereocenters. The van der Waals surface area contributed by atoms with E-state index in [1.54, 1.807) is 18.2 Å². The Bertz CT molecular complexity index is 740. The second kappa shape index (κ2) is 9.15. The van der Waals surface area contributed by atoms with Crippen molar-refractivity contribution in [3.63, 3.8) is 0 Å². The Morgan fingerprint density at radius 1 is 0.923 bits per heavy atom. The van der Waals surface area contributed by atoms with Gasteiger partial charge < -0.3 is 10.6 Å². The van der Waals surface area contributed by atoms with Gasteiger partial charge in [-0.1, -0.05) is 42.8 Å². The van der Waals surface area contributed by atoms with Crippen LogP contribution in [0.2, 0.25) is 0 Å². The Morgan fingerprint density at radius 3 is 2.46 bits per heavy atom. The maximum atomic E-state index is 12.3. The van der Waals surface area contributed by atoms with E-state index >= 15 is 0 Å². The summed E-state index contributed by atoms with van der Waals surface area (Å²) in [4.78, 5) is 26.7. The van der Waals surface area contributed by atoms with E-state index in [2.05, 4.69) is 15.5 Å². The average molecular weight is 351 g/mol. The maximum Gasteiger partial charge on any atom is 0.251 e. The smallest absolute Gasteiger partial charge is 0.251 e. The van der Waals surface area contributed by atoms with E-state index in [1.807, 2.05) is 36.4 Å². The third-order valence-electron chi connectivity index (χ3n) is 4.52. The number of piperidine rings is 1.